The van der Waals surface area contributed by atoms with Crippen LogP contribution >= 0.6 is 0 Å². The maximum atomic E-state index is 12.9. The third kappa shape index (κ3) is 2.50. The van der Waals surface area contributed by atoms with Crippen molar-refractivity contribution in [2.75, 3.05) is 0 Å². The summed E-state index contributed by atoms with van der Waals surface area (Å²) in [4.78, 5) is 0. The second-order valence-corrected chi connectivity index (χ2v) is 4.11. The zero-order chi connectivity index (χ0) is 15.1. The van der Waals surface area contributed by atoms with Crippen LogP contribution in [0.1, 0.15) is 16.8 Å². The van der Waals surface area contributed by atoms with Gasteiger partial charge in [-0.05, 0) is 13.0 Å². The summed E-state index contributed by atoms with van der Waals surface area (Å²) in [7, 11) is 0. The molecular weight excluding hydrogens is 286 g/mol. The molecule has 2 nitrogen and oxygen atoms in total. The molecule has 108 valence electrons. The average Bonchev–Trinajstić information content (AvgIpc) is 2.69. The Morgan fingerprint density at radius 3 is 2.10 bits per heavy atom. The smallest absolute Gasteiger partial charge is 0.282 e. The normalized spacial score (nSPS) is 12.8. The van der Waals surface area contributed by atoms with Crippen LogP contribution in [0.3, 0.4) is 0 Å². The molecule has 0 aliphatic heterocycles. The summed E-state index contributed by atoms with van der Waals surface area (Å²) in [6.07, 6.45) is -9.54. The molecular formula is C12H8F6N2. The van der Waals surface area contributed by atoms with Gasteiger partial charge in [0.2, 0.25) is 0 Å². The van der Waals surface area contributed by atoms with Gasteiger partial charge in [0, 0.05) is 11.3 Å². The molecule has 0 saturated heterocycles. The second kappa shape index (κ2) is 4.53. The van der Waals surface area contributed by atoms with E-state index in [-0.39, 0.29) is 5.69 Å². The fourth-order valence-electron chi connectivity index (χ4n) is 1.91. The van der Waals surface area contributed by atoms with Crippen molar-refractivity contribution in [3.05, 3.63) is 41.1 Å². The molecule has 0 radical (unpaired) electrons. The number of halogens is 6. The summed E-state index contributed by atoms with van der Waals surface area (Å²) in [6, 6.07) is 4.03. The molecule has 1 N–H and O–H groups in total. The van der Waals surface area contributed by atoms with Gasteiger partial charge in [0.15, 0.2) is 0 Å². The SMILES string of the molecule is Cc1[nH]nc(-c2ccccc2C(F)(F)F)c1C(F)(F)F. The number of hydrogen-bond donors (Lipinski definition) is 1. The second-order valence-electron chi connectivity index (χ2n) is 4.11. The van der Waals surface area contributed by atoms with Crippen molar-refractivity contribution >= 4 is 0 Å². The largest absolute Gasteiger partial charge is 0.420 e. The predicted molar refractivity (Wildman–Crippen MR) is 58.8 cm³/mol. The number of benzene rings is 1. The minimum Gasteiger partial charge on any atom is -0.282 e. The molecule has 0 bridgehead atoms. The quantitative estimate of drug-likeness (QED) is 0.775. The van der Waals surface area contributed by atoms with Crippen molar-refractivity contribution < 1.29 is 26.3 Å². The molecule has 1 aromatic heterocycles. The van der Waals surface area contributed by atoms with Gasteiger partial charge in [0.1, 0.15) is 11.3 Å². The third-order valence-corrected chi connectivity index (χ3v) is 2.72. The van der Waals surface area contributed by atoms with E-state index < -0.39 is 34.7 Å². The molecule has 0 spiro atoms. The Hall–Kier alpha value is -1.99. The number of aryl methyl sites for hydroxylation is 1. The lowest BCUT2D eigenvalue weighted by Gasteiger charge is -2.13. The Balaban J connectivity index is 2.72. The highest BCUT2D eigenvalue weighted by atomic mass is 19.4. The number of rotatable bonds is 1. The monoisotopic (exact) mass is 294 g/mol. The van der Waals surface area contributed by atoms with E-state index >= 15 is 0 Å². The number of nitrogens with zero attached hydrogens (tertiary/aromatic N) is 1. The molecule has 0 aliphatic rings. The highest BCUT2D eigenvalue weighted by Crippen LogP contribution is 2.42. The van der Waals surface area contributed by atoms with Crippen LogP contribution in [-0.4, -0.2) is 10.2 Å². The van der Waals surface area contributed by atoms with Gasteiger partial charge in [-0.15, -0.1) is 0 Å². The first-order valence-corrected chi connectivity index (χ1v) is 5.41. The maximum absolute atomic E-state index is 12.9. The number of H-pyrrole nitrogens is 1. The van der Waals surface area contributed by atoms with Crippen molar-refractivity contribution in [3.8, 4) is 11.3 Å². The maximum Gasteiger partial charge on any atom is 0.420 e. The van der Waals surface area contributed by atoms with Gasteiger partial charge in [0.25, 0.3) is 0 Å². The molecule has 0 saturated carbocycles. The van der Waals surface area contributed by atoms with Gasteiger partial charge in [-0.25, -0.2) is 0 Å². The van der Waals surface area contributed by atoms with Crippen LogP contribution in [0.15, 0.2) is 24.3 Å². The minimum absolute atomic E-state index is 0.329. The number of hydrogen-bond acceptors (Lipinski definition) is 1. The van der Waals surface area contributed by atoms with E-state index in [1.54, 1.807) is 0 Å². The predicted octanol–water partition coefficient (Wildman–Crippen LogP) is 4.42. The number of nitrogens with one attached hydrogen (secondary N) is 1. The van der Waals surface area contributed by atoms with Crippen LogP contribution in [0.25, 0.3) is 11.3 Å². The van der Waals surface area contributed by atoms with E-state index in [1.165, 1.54) is 6.07 Å². The molecule has 0 aliphatic carbocycles. The lowest BCUT2D eigenvalue weighted by atomic mass is 10.00. The molecule has 0 unspecified atom stereocenters. The molecule has 2 rings (SSSR count). The Kier molecular flexibility index (Phi) is 3.27. The number of aromatic amines is 1. The fraction of sp³-hybridized carbons (Fsp3) is 0.250. The van der Waals surface area contributed by atoms with Crippen molar-refractivity contribution in [1.82, 2.24) is 10.2 Å². The van der Waals surface area contributed by atoms with Crippen LogP contribution in [-0.2, 0) is 12.4 Å². The minimum atomic E-state index is -4.79. The highest BCUT2D eigenvalue weighted by Gasteiger charge is 2.41. The van der Waals surface area contributed by atoms with Gasteiger partial charge < -0.3 is 0 Å². The highest BCUT2D eigenvalue weighted by molar-refractivity contribution is 5.69. The summed E-state index contributed by atoms with van der Waals surface area (Å²) >= 11 is 0. The van der Waals surface area contributed by atoms with Gasteiger partial charge in [-0.1, -0.05) is 18.2 Å². The van der Waals surface area contributed by atoms with E-state index in [2.05, 4.69) is 10.2 Å². The molecule has 20 heavy (non-hydrogen) atoms. The summed E-state index contributed by atoms with van der Waals surface area (Å²) in [6.45, 7) is 1.11. The van der Waals surface area contributed by atoms with E-state index in [1.807, 2.05) is 0 Å². The summed E-state index contributed by atoms with van der Waals surface area (Å²) in [5.74, 6) is 0. The van der Waals surface area contributed by atoms with Gasteiger partial charge in [-0.2, -0.15) is 31.4 Å². The molecule has 0 atom stereocenters. The molecule has 1 heterocycles. The first kappa shape index (κ1) is 14.4. The summed E-state index contributed by atoms with van der Waals surface area (Å²) in [5.41, 5.74) is -4.02. The van der Waals surface area contributed by atoms with Crippen molar-refractivity contribution in [1.29, 1.82) is 0 Å². The van der Waals surface area contributed by atoms with Gasteiger partial charge >= 0.3 is 12.4 Å². The number of aromatic nitrogens is 2. The Morgan fingerprint density at radius 2 is 1.55 bits per heavy atom. The van der Waals surface area contributed by atoms with E-state index in [9.17, 15) is 26.3 Å². The zero-order valence-corrected chi connectivity index (χ0v) is 10.0. The summed E-state index contributed by atoms with van der Waals surface area (Å²) < 4.78 is 77.3. The van der Waals surface area contributed by atoms with Gasteiger partial charge in [-0.3, -0.25) is 5.10 Å². The van der Waals surface area contributed by atoms with Crippen LogP contribution < -0.4 is 0 Å². The van der Waals surface area contributed by atoms with Crippen molar-refractivity contribution in [2.45, 2.75) is 19.3 Å². The van der Waals surface area contributed by atoms with E-state index in [4.69, 9.17) is 0 Å². The fourth-order valence-corrected chi connectivity index (χ4v) is 1.91. The Bertz CT molecular complexity index is 624. The third-order valence-electron chi connectivity index (χ3n) is 2.72. The molecule has 1 aromatic carbocycles. The van der Waals surface area contributed by atoms with Crippen molar-refractivity contribution in [3.63, 3.8) is 0 Å². The Morgan fingerprint density at radius 1 is 0.950 bits per heavy atom. The lowest BCUT2D eigenvalue weighted by Crippen LogP contribution is -2.11. The lowest BCUT2D eigenvalue weighted by molar-refractivity contribution is -0.139. The summed E-state index contributed by atoms with van der Waals surface area (Å²) in [5, 5.41) is 5.47. The average molecular weight is 294 g/mol. The van der Waals surface area contributed by atoms with Crippen LogP contribution in [0.4, 0.5) is 26.3 Å². The van der Waals surface area contributed by atoms with Crippen LogP contribution in [0.5, 0.6) is 0 Å². The Labute approximate surface area is 109 Å². The first-order chi connectivity index (χ1) is 9.12. The molecule has 8 heteroatoms. The molecule has 0 fully saturated rings. The topological polar surface area (TPSA) is 28.7 Å². The molecule has 0 amide bonds. The van der Waals surface area contributed by atoms with Crippen LogP contribution in [0.2, 0.25) is 0 Å². The number of alkyl halides is 6. The van der Waals surface area contributed by atoms with Crippen molar-refractivity contribution in [2.24, 2.45) is 0 Å². The zero-order valence-electron chi connectivity index (χ0n) is 10.0. The standard InChI is InChI=1S/C12H8F6N2/c1-6-9(12(16,17)18)10(20-19-6)7-4-2-3-5-8(7)11(13,14)15/h2-5H,1H3,(H,19,20). The van der Waals surface area contributed by atoms with E-state index in [0.717, 1.165) is 25.1 Å². The first-order valence-electron chi connectivity index (χ1n) is 5.41. The van der Waals surface area contributed by atoms with Crippen LogP contribution in [0, 0.1) is 6.92 Å². The molecule has 2 aromatic rings. The van der Waals surface area contributed by atoms with Gasteiger partial charge in [0.05, 0.1) is 5.56 Å². The van der Waals surface area contributed by atoms with E-state index in [0.29, 0.717) is 0 Å².